The molecule has 0 aromatic heterocycles. The summed E-state index contributed by atoms with van der Waals surface area (Å²) in [4.78, 5) is 0. The standard InChI is InChI=1S/C14H18BrF2NO/c1-2-18-13(9-5-6-19-8-9)7-10-12(16)4-3-11(15)14(10)17/h3-4,9,13,18H,2,5-8H2,1H3. The smallest absolute Gasteiger partial charge is 0.143 e. The predicted molar refractivity (Wildman–Crippen MR) is 74.2 cm³/mol. The highest BCUT2D eigenvalue weighted by molar-refractivity contribution is 9.10. The highest BCUT2D eigenvalue weighted by atomic mass is 79.9. The molecule has 1 fully saturated rings. The molecule has 0 aliphatic carbocycles. The van der Waals surface area contributed by atoms with Gasteiger partial charge in [-0.15, -0.1) is 0 Å². The number of likely N-dealkylation sites (N-methyl/N-ethyl adjacent to an activating group) is 1. The maximum Gasteiger partial charge on any atom is 0.143 e. The van der Waals surface area contributed by atoms with Gasteiger partial charge in [-0.3, -0.25) is 0 Å². The molecule has 1 heterocycles. The summed E-state index contributed by atoms with van der Waals surface area (Å²) in [5.41, 5.74) is 0.146. The van der Waals surface area contributed by atoms with Crippen molar-refractivity contribution in [3.8, 4) is 0 Å². The number of benzene rings is 1. The van der Waals surface area contributed by atoms with Crippen LogP contribution in [0.5, 0.6) is 0 Å². The molecule has 1 aromatic rings. The first-order valence-electron chi connectivity index (χ1n) is 6.57. The van der Waals surface area contributed by atoms with Gasteiger partial charge in [-0.2, -0.15) is 0 Å². The lowest BCUT2D eigenvalue weighted by Gasteiger charge is -2.24. The van der Waals surface area contributed by atoms with Crippen molar-refractivity contribution in [3.63, 3.8) is 0 Å². The fraction of sp³-hybridized carbons (Fsp3) is 0.571. The van der Waals surface area contributed by atoms with Gasteiger partial charge in [0.1, 0.15) is 11.6 Å². The second-order valence-corrected chi connectivity index (χ2v) is 5.67. The molecular formula is C14H18BrF2NO. The van der Waals surface area contributed by atoms with Gasteiger partial charge in [-0.25, -0.2) is 8.78 Å². The zero-order valence-corrected chi connectivity index (χ0v) is 12.5. The molecule has 1 aliphatic rings. The molecule has 106 valence electrons. The van der Waals surface area contributed by atoms with E-state index < -0.39 is 11.6 Å². The highest BCUT2D eigenvalue weighted by Crippen LogP contribution is 2.26. The van der Waals surface area contributed by atoms with E-state index in [0.29, 0.717) is 23.4 Å². The minimum atomic E-state index is -0.498. The van der Waals surface area contributed by atoms with Gasteiger partial charge in [0.05, 0.1) is 11.1 Å². The molecule has 0 radical (unpaired) electrons. The van der Waals surface area contributed by atoms with Crippen molar-refractivity contribution in [2.24, 2.45) is 5.92 Å². The van der Waals surface area contributed by atoms with E-state index in [1.54, 1.807) is 0 Å². The lowest BCUT2D eigenvalue weighted by Crippen LogP contribution is -2.38. The summed E-state index contributed by atoms with van der Waals surface area (Å²) in [5.74, 6) is -0.665. The van der Waals surface area contributed by atoms with E-state index in [1.165, 1.54) is 12.1 Å². The summed E-state index contributed by atoms with van der Waals surface area (Å²) < 4.78 is 33.5. The van der Waals surface area contributed by atoms with Gasteiger partial charge in [0.2, 0.25) is 0 Å². The number of rotatable bonds is 5. The van der Waals surface area contributed by atoms with Crippen molar-refractivity contribution in [2.75, 3.05) is 19.8 Å². The van der Waals surface area contributed by atoms with Gasteiger partial charge in [-0.05, 0) is 47.4 Å². The van der Waals surface area contributed by atoms with E-state index in [2.05, 4.69) is 21.2 Å². The summed E-state index contributed by atoms with van der Waals surface area (Å²) >= 11 is 3.11. The Labute approximate surface area is 120 Å². The Morgan fingerprint density at radius 2 is 2.26 bits per heavy atom. The average Bonchev–Trinajstić information content (AvgIpc) is 2.92. The van der Waals surface area contributed by atoms with Crippen LogP contribution in [-0.2, 0) is 11.2 Å². The first-order chi connectivity index (χ1) is 9.13. The van der Waals surface area contributed by atoms with E-state index in [4.69, 9.17) is 4.74 Å². The molecule has 5 heteroatoms. The van der Waals surface area contributed by atoms with Crippen LogP contribution in [0, 0.1) is 17.6 Å². The molecule has 0 saturated carbocycles. The van der Waals surface area contributed by atoms with Crippen LogP contribution in [0.4, 0.5) is 8.78 Å². The van der Waals surface area contributed by atoms with Crippen molar-refractivity contribution in [1.82, 2.24) is 5.32 Å². The summed E-state index contributed by atoms with van der Waals surface area (Å²) in [7, 11) is 0. The summed E-state index contributed by atoms with van der Waals surface area (Å²) in [6, 6.07) is 2.75. The molecule has 0 bridgehead atoms. The Morgan fingerprint density at radius 1 is 1.47 bits per heavy atom. The Morgan fingerprint density at radius 3 is 2.89 bits per heavy atom. The largest absolute Gasteiger partial charge is 0.381 e. The van der Waals surface area contributed by atoms with Crippen molar-refractivity contribution in [1.29, 1.82) is 0 Å². The van der Waals surface area contributed by atoms with Gasteiger partial charge in [0, 0.05) is 24.1 Å². The van der Waals surface area contributed by atoms with Crippen LogP contribution in [0.1, 0.15) is 18.9 Å². The maximum absolute atomic E-state index is 14.0. The minimum Gasteiger partial charge on any atom is -0.381 e. The second kappa shape index (κ2) is 6.77. The first-order valence-corrected chi connectivity index (χ1v) is 7.36. The van der Waals surface area contributed by atoms with Crippen LogP contribution in [0.15, 0.2) is 16.6 Å². The molecule has 1 aliphatic heterocycles. The first kappa shape index (κ1) is 14.9. The molecule has 2 unspecified atom stereocenters. The molecule has 2 atom stereocenters. The van der Waals surface area contributed by atoms with E-state index in [-0.39, 0.29) is 11.6 Å². The SMILES string of the molecule is CCNC(Cc1c(F)ccc(Br)c1F)C1CCOC1. The van der Waals surface area contributed by atoms with Crippen LogP contribution in [0.3, 0.4) is 0 Å². The lowest BCUT2D eigenvalue weighted by atomic mass is 9.92. The molecule has 19 heavy (non-hydrogen) atoms. The van der Waals surface area contributed by atoms with Crippen LogP contribution in [0.2, 0.25) is 0 Å². The number of hydrogen-bond acceptors (Lipinski definition) is 2. The quantitative estimate of drug-likeness (QED) is 0.835. The Bertz CT molecular complexity index is 436. The van der Waals surface area contributed by atoms with Gasteiger partial charge in [0.25, 0.3) is 0 Å². The molecule has 2 rings (SSSR count). The maximum atomic E-state index is 14.0. The van der Waals surface area contributed by atoms with Crippen molar-refractivity contribution < 1.29 is 13.5 Å². The van der Waals surface area contributed by atoms with Gasteiger partial charge >= 0.3 is 0 Å². The van der Waals surface area contributed by atoms with E-state index >= 15 is 0 Å². The van der Waals surface area contributed by atoms with Crippen LogP contribution in [-0.4, -0.2) is 25.8 Å². The third-order valence-electron chi connectivity index (χ3n) is 3.56. The van der Waals surface area contributed by atoms with Crippen molar-refractivity contribution in [3.05, 3.63) is 33.8 Å². The molecule has 1 aromatic carbocycles. The number of halogens is 3. The molecular weight excluding hydrogens is 316 g/mol. The van der Waals surface area contributed by atoms with Gasteiger partial charge in [-0.1, -0.05) is 6.92 Å². The Kier molecular flexibility index (Phi) is 5.30. The number of hydrogen-bond donors (Lipinski definition) is 1. The van der Waals surface area contributed by atoms with E-state index in [9.17, 15) is 8.78 Å². The Balaban J connectivity index is 2.18. The zero-order valence-electron chi connectivity index (χ0n) is 10.9. The topological polar surface area (TPSA) is 21.3 Å². The molecule has 0 spiro atoms. The third kappa shape index (κ3) is 3.52. The summed E-state index contributed by atoms with van der Waals surface area (Å²) in [6.45, 7) is 4.17. The van der Waals surface area contributed by atoms with Crippen LogP contribution < -0.4 is 5.32 Å². The molecule has 1 saturated heterocycles. The zero-order chi connectivity index (χ0) is 13.8. The second-order valence-electron chi connectivity index (χ2n) is 4.81. The molecule has 0 amide bonds. The number of nitrogens with one attached hydrogen (secondary N) is 1. The number of ether oxygens (including phenoxy) is 1. The minimum absolute atomic E-state index is 0.0470. The Hall–Kier alpha value is -0.520. The fourth-order valence-corrected chi connectivity index (χ4v) is 2.89. The monoisotopic (exact) mass is 333 g/mol. The van der Waals surface area contributed by atoms with Gasteiger partial charge < -0.3 is 10.1 Å². The van der Waals surface area contributed by atoms with Crippen molar-refractivity contribution >= 4 is 15.9 Å². The molecule has 2 nitrogen and oxygen atoms in total. The lowest BCUT2D eigenvalue weighted by molar-refractivity contribution is 0.176. The van der Waals surface area contributed by atoms with Crippen molar-refractivity contribution in [2.45, 2.75) is 25.8 Å². The van der Waals surface area contributed by atoms with E-state index in [0.717, 1.165) is 19.6 Å². The summed E-state index contributed by atoms with van der Waals surface area (Å²) in [6.07, 6.45) is 1.29. The van der Waals surface area contributed by atoms with Crippen LogP contribution in [0.25, 0.3) is 0 Å². The third-order valence-corrected chi connectivity index (χ3v) is 4.18. The predicted octanol–water partition coefficient (Wildman–Crippen LogP) is 3.28. The van der Waals surface area contributed by atoms with Gasteiger partial charge in [0.15, 0.2) is 0 Å². The van der Waals surface area contributed by atoms with Crippen LogP contribution >= 0.6 is 15.9 Å². The highest BCUT2D eigenvalue weighted by Gasteiger charge is 2.27. The fourth-order valence-electron chi connectivity index (χ4n) is 2.51. The summed E-state index contributed by atoms with van der Waals surface area (Å²) in [5, 5.41) is 3.32. The normalized spacial score (nSPS) is 20.7. The molecule has 1 N–H and O–H groups in total. The van der Waals surface area contributed by atoms with E-state index in [1.807, 2.05) is 6.92 Å². The average molecular weight is 334 g/mol.